The fourth-order valence-electron chi connectivity index (χ4n) is 2.23. The van der Waals surface area contributed by atoms with E-state index in [-0.39, 0.29) is 0 Å². The third-order valence-corrected chi connectivity index (χ3v) is 4.24. The molecule has 0 fully saturated rings. The van der Waals surface area contributed by atoms with Gasteiger partial charge in [-0.2, -0.15) is 0 Å². The van der Waals surface area contributed by atoms with Crippen molar-refractivity contribution < 1.29 is 4.74 Å². The maximum absolute atomic E-state index is 5.34. The molecular formula is C15H11N3OS. The van der Waals surface area contributed by atoms with Gasteiger partial charge in [0.05, 0.1) is 17.3 Å². The van der Waals surface area contributed by atoms with Gasteiger partial charge in [0, 0.05) is 12.4 Å². The van der Waals surface area contributed by atoms with Crippen molar-refractivity contribution in [2.45, 2.75) is 0 Å². The highest BCUT2D eigenvalue weighted by molar-refractivity contribution is 7.21. The number of thiazole rings is 1. The highest BCUT2D eigenvalue weighted by Gasteiger charge is 2.12. The summed E-state index contributed by atoms with van der Waals surface area (Å²) in [5.74, 6) is 0.764. The van der Waals surface area contributed by atoms with Crippen LogP contribution in [0.4, 0.5) is 0 Å². The lowest BCUT2D eigenvalue weighted by Gasteiger charge is -1.99. The number of pyridine rings is 1. The Kier molecular flexibility index (Phi) is 2.47. The number of nitrogens with zero attached hydrogens (tertiary/aromatic N) is 3. The standard InChI is InChI=1S/C15H11N3OS/c1-19-12-6-4-8-18-9-11(16-14(12)18)15-17-10-5-2-3-7-13(10)20-15/h2-9H,1H3. The number of hydrogen-bond acceptors (Lipinski definition) is 4. The minimum absolute atomic E-state index is 0.764. The zero-order valence-corrected chi connectivity index (χ0v) is 11.6. The quantitative estimate of drug-likeness (QED) is 0.563. The fraction of sp³-hybridized carbons (Fsp3) is 0.0667. The van der Waals surface area contributed by atoms with Gasteiger partial charge in [-0.1, -0.05) is 12.1 Å². The van der Waals surface area contributed by atoms with E-state index in [1.807, 2.05) is 47.1 Å². The van der Waals surface area contributed by atoms with E-state index in [0.29, 0.717) is 0 Å². The maximum Gasteiger partial charge on any atom is 0.180 e. The third kappa shape index (κ3) is 1.67. The van der Waals surface area contributed by atoms with Crippen molar-refractivity contribution in [3.8, 4) is 16.5 Å². The van der Waals surface area contributed by atoms with Crippen molar-refractivity contribution >= 4 is 27.2 Å². The molecule has 0 aliphatic heterocycles. The highest BCUT2D eigenvalue weighted by Crippen LogP contribution is 2.30. The molecule has 4 rings (SSSR count). The predicted molar refractivity (Wildman–Crippen MR) is 80.4 cm³/mol. The van der Waals surface area contributed by atoms with Gasteiger partial charge in [-0.15, -0.1) is 11.3 Å². The van der Waals surface area contributed by atoms with E-state index in [1.54, 1.807) is 18.4 Å². The molecule has 5 heteroatoms. The highest BCUT2D eigenvalue weighted by atomic mass is 32.1. The number of rotatable bonds is 2. The molecule has 0 aliphatic carbocycles. The molecule has 4 nitrogen and oxygen atoms in total. The van der Waals surface area contributed by atoms with Crippen LogP contribution >= 0.6 is 11.3 Å². The number of methoxy groups -OCH3 is 1. The minimum atomic E-state index is 0.764. The summed E-state index contributed by atoms with van der Waals surface area (Å²) in [5.41, 5.74) is 2.69. The lowest BCUT2D eigenvalue weighted by atomic mass is 10.3. The lowest BCUT2D eigenvalue weighted by Crippen LogP contribution is -1.88. The largest absolute Gasteiger partial charge is 0.493 e. The van der Waals surface area contributed by atoms with Crippen molar-refractivity contribution in [2.75, 3.05) is 7.11 Å². The van der Waals surface area contributed by atoms with Crippen LogP contribution < -0.4 is 4.74 Å². The predicted octanol–water partition coefficient (Wildman–Crippen LogP) is 3.62. The molecule has 0 atom stereocenters. The second kappa shape index (κ2) is 4.31. The molecule has 3 aromatic heterocycles. The Morgan fingerprint density at radius 1 is 1.10 bits per heavy atom. The first-order chi connectivity index (χ1) is 9.85. The summed E-state index contributed by atoms with van der Waals surface area (Å²) < 4.78 is 8.47. The van der Waals surface area contributed by atoms with Crippen LogP contribution in [-0.4, -0.2) is 21.5 Å². The average Bonchev–Trinajstić information content (AvgIpc) is 3.09. The van der Waals surface area contributed by atoms with E-state index in [4.69, 9.17) is 4.74 Å². The van der Waals surface area contributed by atoms with Gasteiger partial charge in [-0.3, -0.25) is 0 Å². The molecule has 0 spiro atoms. The first-order valence-corrected chi connectivity index (χ1v) is 7.04. The number of benzene rings is 1. The molecule has 0 unspecified atom stereocenters. The second-order valence-corrected chi connectivity index (χ2v) is 5.45. The smallest absolute Gasteiger partial charge is 0.180 e. The van der Waals surface area contributed by atoms with Crippen molar-refractivity contribution in [1.29, 1.82) is 0 Å². The zero-order valence-electron chi connectivity index (χ0n) is 10.8. The van der Waals surface area contributed by atoms with E-state index < -0.39 is 0 Å². The number of fused-ring (bicyclic) bond motifs is 2. The van der Waals surface area contributed by atoms with Gasteiger partial charge in [0.1, 0.15) is 10.7 Å². The number of imidazole rings is 1. The van der Waals surface area contributed by atoms with Crippen LogP contribution in [0, 0.1) is 0 Å². The van der Waals surface area contributed by atoms with Crippen LogP contribution in [0.15, 0.2) is 48.8 Å². The summed E-state index contributed by atoms with van der Waals surface area (Å²) in [6, 6.07) is 12.0. The van der Waals surface area contributed by atoms with Crippen molar-refractivity contribution in [3.63, 3.8) is 0 Å². The van der Waals surface area contributed by atoms with Crippen LogP contribution in [-0.2, 0) is 0 Å². The van der Waals surface area contributed by atoms with Crippen molar-refractivity contribution in [2.24, 2.45) is 0 Å². The van der Waals surface area contributed by atoms with Gasteiger partial charge < -0.3 is 9.14 Å². The lowest BCUT2D eigenvalue weighted by molar-refractivity contribution is 0.417. The summed E-state index contributed by atoms with van der Waals surface area (Å²) >= 11 is 1.65. The van der Waals surface area contributed by atoms with E-state index in [1.165, 1.54) is 4.70 Å². The molecule has 0 bridgehead atoms. The van der Waals surface area contributed by atoms with E-state index in [9.17, 15) is 0 Å². The molecular weight excluding hydrogens is 270 g/mol. The Balaban J connectivity index is 1.93. The Labute approximate surface area is 119 Å². The Hall–Kier alpha value is -2.40. The summed E-state index contributed by atoms with van der Waals surface area (Å²) in [4.78, 5) is 9.27. The number of hydrogen-bond donors (Lipinski definition) is 0. The van der Waals surface area contributed by atoms with Crippen LogP contribution in [0.5, 0.6) is 5.75 Å². The summed E-state index contributed by atoms with van der Waals surface area (Å²) in [7, 11) is 1.65. The fourth-order valence-corrected chi connectivity index (χ4v) is 3.15. The van der Waals surface area contributed by atoms with Crippen molar-refractivity contribution in [3.05, 3.63) is 48.8 Å². The van der Waals surface area contributed by atoms with E-state index in [2.05, 4.69) is 16.0 Å². The Morgan fingerprint density at radius 3 is 2.85 bits per heavy atom. The molecule has 98 valence electrons. The van der Waals surface area contributed by atoms with Crippen LogP contribution in [0.25, 0.3) is 26.6 Å². The third-order valence-electron chi connectivity index (χ3n) is 3.18. The summed E-state index contributed by atoms with van der Waals surface area (Å²) in [5, 5.41) is 0.928. The van der Waals surface area contributed by atoms with Crippen molar-refractivity contribution in [1.82, 2.24) is 14.4 Å². The molecule has 1 aromatic carbocycles. The van der Waals surface area contributed by atoms with Gasteiger partial charge in [0.15, 0.2) is 11.4 Å². The van der Waals surface area contributed by atoms with Gasteiger partial charge in [0.25, 0.3) is 0 Å². The zero-order chi connectivity index (χ0) is 13.5. The molecule has 3 heterocycles. The first kappa shape index (κ1) is 11.4. The summed E-state index contributed by atoms with van der Waals surface area (Å²) in [6.07, 6.45) is 3.94. The molecule has 0 aliphatic rings. The van der Waals surface area contributed by atoms with Crippen LogP contribution in [0.3, 0.4) is 0 Å². The molecule has 0 radical (unpaired) electrons. The van der Waals surface area contributed by atoms with Gasteiger partial charge in [-0.05, 0) is 24.3 Å². The maximum atomic E-state index is 5.34. The Bertz CT molecular complexity index is 877. The normalized spacial score (nSPS) is 11.2. The SMILES string of the molecule is COc1cccn2cc(-c3nc4ccccc4s3)nc12. The first-order valence-electron chi connectivity index (χ1n) is 6.23. The number of aromatic nitrogens is 3. The topological polar surface area (TPSA) is 39.4 Å². The van der Waals surface area contributed by atoms with Gasteiger partial charge in [-0.25, -0.2) is 9.97 Å². The molecule has 0 saturated carbocycles. The molecule has 20 heavy (non-hydrogen) atoms. The molecule has 0 amide bonds. The molecule has 0 saturated heterocycles. The Morgan fingerprint density at radius 2 is 2.00 bits per heavy atom. The van der Waals surface area contributed by atoms with Gasteiger partial charge >= 0.3 is 0 Å². The van der Waals surface area contributed by atoms with E-state index in [0.717, 1.165) is 27.6 Å². The molecule has 4 aromatic rings. The molecule has 0 N–H and O–H groups in total. The minimum Gasteiger partial charge on any atom is -0.493 e. The second-order valence-electron chi connectivity index (χ2n) is 4.42. The van der Waals surface area contributed by atoms with Crippen LogP contribution in [0.2, 0.25) is 0 Å². The van der Waals surface area contributed by atoms with E-state index >= 15 is 0 Å². The average molecular weight is 281 g/mol. The number of para-hydroxylation sites is 1. The summed E-state index contributed by atoms with van der Waals surface area (Å²) in [6.45, 7) is 0. The van der Waals surface area contributed by atoms with Gasteiger partial charge in [0.2, 0.25) is 0 Å². The monoisotopic (exact) mass is 281 g/mol. The number of ether oxygens (including phenoxy) is 1. The van der Waals surface area contributed by atoms with Crippen LogP contribution in [0.1, 0.15) is 0 Å².